The molecule has 0 unspecified atom stereocenters. The molecule has 0 bridgehead atoms. The molecule has 2 rings (SSSR count). The molecule has 0 atom stereocenters. The third-order valence-electron chi connectivity index (χ3n) is 3.52. The van der Waals surface area contributed by atoms with Crippen LogP contribution in [0, 0.1) is 5.92 Å². The Morgan fingerprint density at radius 1 is 1.32 bits per heavy atom. The number of rotatable bonds is 4. The van der Waals surface area contributed by atoms with Crippen molar-refractivity contribution in [3.8, 4) is 0 Å². The van der Waals surface area contributed by atoms with Gasteiger partial charge >= 0.3 is 5.69 Å². The first-order chi connectivity index (χ1) is 9.15. The van der Waals surface area contributed by atoms with E-state index < -0.39 is 11.2 Å². The minimum atomic E-state index is -0.555. The number of hydrogen-bond donors (Lipinski definition) is 2. The number of aromatic nitrogens is 2. The van der Waals surface area contributed by atoms with E-state index in [4.69, 9.17) is 0 Å². The SMILES string of the molecule is O=C(Cn1ccc(=O)[nH]c1=O)NCC1CCCCC1. The molecule has 1 fully saturated rings. The average molecular weight is 265 g/mol. The average Bonchev–Trinajstić information content (AvgIpc) is 2.41. The van der Waals surface area contributed by atoms with Gasteiger partial charge < -0.3 is 5.32 Å². The van der Waals surface area contributed by atoms with Crippen LogP contribution in [-0.2, 0) is 11.3 Å². The highest BCUT2D eigenvalue weighted by Crippen LogP contribution is 2.22. The zero-order valence-corrected chi connectivity index (χ0v) is 10.9. The highest BCUT2D eigenvalue weighted by atomic mass is 16.2. The van der Waals surface area contributed by atoms with Crippen molar-refractivity contribution in [2.24, 2.45) is 5.92 Å². The van der Waals surface area contributed by atoms with Crippen molar-refractivity contribution >= 4 is 5.91 Å². The minimum absolute atomic E-state index is 0.0532. The topological polar surface area (TPSA) is 84.0 Å². The van der Waals surface area contributed by atoms with Crippen molar-refractivity contribution in [2.75, 3.05) is 6.54 Å². The lowest BCUT2D eigenvalue weighted by Crippen LogP contribution is -2.37. The van der Waals surface area contributed by atoms with E-state index in [1.165, 1.54) is 48.9 Å². The number of carbonyl (C=O) groups excluding carboxylic acids is 1. The van der Waals surface area contributed by atoms with E-state index in [2.05, 4.69) is 10.3 Å². The summed E-state index contributed by atoms with van der Waals surface area (Å²) < 4.78 is 1.19. The fourth-order valence-electron chi connectivity index (χ4n) is 2.43. The van der Waals surface area contributed by atoms with Crippen molar-refractivity contribution in [2.45, 2.75) is 38.6 Å². The Kier molecular flexibility index (Phi) is 4.54. The van der Waals surface area contributed by atoms with Crippen LogP contribution in [0.2, 0.25) is 0 Å². The lowest BCUT2D eigenvalue weighted by molar-refractivity contribution is -0.122. The zero-order valence-electron chi connectivity index (χ0n) is 10.9. The number of nitrogens with one attached hydrogen (secondary N) is 2. The molecule has 0 aromatic carbocycles. The second-order valence-corrected chi connectivity index (χ2v) is 5.05. The number of aromatic amines is 1. The molecule has 1 amide bonds. The van der Waals surface area contributed by atoms with Crippen LogP contribution >= 0.6 is 0 Å². The molecule has 0 radical (unpaired) electrons. The van der Waals surface area contributed by atoms with E-state index in [1.807, 2.05) is 0 Å². The molecule has 1 saturated carbocycles. The monoisotopic (exact) mass is 265 g/mol. The maximum atomic E-state index is 11.7. The van der Waals surface area contributed by atoms with Gasteiger partial charge in [-0.25, -0.2) is 4.79 Å². The van der Waals surface area contributed by atoms with Gasteiger partial charge in [-0.05, 0) is 18.8 Å². The van der Waals surface area contributed by atoms with Gasteiger partial charge in [0.05, 0.1) is 0 Å². The van der Waals surface area contributed by atoms with E-state index in [1.54, 1.807) is 0 Å². The van der Waals surface area contributed by atoms with Crippen molar-refractivity contribution < 1.29 is 4.79 Å². The van der Waals surface area contributed by atoms with Crippen molar-refractivity contribution in [1.82, 2.24) is 14.9 Å². The summed E-state index contributed by atoms with van der Waals surface area (Å²) in [6.45, 7) is 0.624. The van der Waals surface area contributed by atoms with Crippen LogP contribution in [0.4, 0.5) is 0 Å². The van der Waals surface area contributed by atoms with Gasteiger partial charge in [-0.15, -0.1) is 0 Å². The Morgan fingerprint density at radius 2 is 2.05 bits per heavy atom. The summed E-state index contributed by atoms with van der Waals surface area (Å²) in [5, 5.41) is 2.85. The van der Waals surface area contributed by atoms with Gasteiger partial charge in [-0.3, -0.25) is 19.1 Å². The van der Waals surface area contributed by atoms with Gasteiger partial charge in [-0.1, -0.05) is 19.3 Å². The highest BCUT2D eigenvalue weighted by molar-refractivity contribution is 5.75. The first kappa shape index (κ1) is 13.6. The summed E-state index contributed by atoms with van der Waals surface area (Å²) in [5.41, 5.74) is -1.01. The van der Waals surface area contributed by atoms with E-state index in [-0.39, 0.29) is 12.5 Å². The minimum Gasteiger partial charge on any atom is -0.354 e. The second-order valence-electron chi connectivity index (χ2n) is 5.05. The van der Waals surface area contributed by atoms with Crippen LogP contribution in [0.15, 0.2) is 21.9 Å². The van der Waals surface area contributed by atoms with Crippen molar-refractivity contribution in [3.05, 3.63) is 33.1 Å². The lowest BCUT2D eigenvalue weighted by Gasteiger charge is -2.21. The summed E-state index contributed by atoms with van der Waals surface area (Å²) in [7, 11) is 0. The Balaban J connectivity index is 1.83. The molecule has 1 aromatic heterocycles. The van der Waals surface area contributed by atoms with Crippen LogP contribution in [0.5, 0.6) is 0 Å². The van der Waals surface area contributed by atoms with E-state index in [9.17, 15) is 14.4 Å². The molecule has 0 spiro atoms. The van der Waals surface area contributed by atoms with E-state index in [0.29, 0.717) is 12.5 Å². The maximum Gasteiger partial charge on any atom is 0.328 e. The summed E-state index contributed by atoms with van der Waals surface area (Å²) in [5.74, 6) is 0.365. The third-order valence-corrected chi connectivity index (χ3v) is 3.52. The normalized spacial score (nSPS) is 16.2. The van der Waals surface area contributed by atoms with Crippen molar-refractivity contribution in [3.63, 3.8) is 0 Å². The number of H-pyrrole nitrogens is 1. The molecule has 19 heavy (non-hydrogen) atoms. The zero-order chi connectivity index (χ0) is 13.7. The van der Waals surface area contributed by atoms with Crippen LogP contribution in [0.3, 0.4) is 0 Å². The lowest BCUT2D eigenvalue weighted by atomic mass is 9.89. The number of amides is 1. The standard InChI is InChI=1S/C13H19N3O3/c17-11-6-7-16(13(19)15-11)9-12(18)14-8-10-4-2-1-3-5-10/h6-7,10H,1-5,8-9H2,(H,14,18)(H,15,17,19). The predicted octanol–water partition coefficient (Wildman–Crippen LogP) is 0.233. The molecular formula is C13H19N3O3. The molecule has 6 heteroatoms. The van der Waals surface area contributed by atoms with Gasteiger partial charge in [0.25, 0.3) is 5.56 Å². The Labute approximate surface area is 110 Å². The van der Waals surface area contributed by atoms with Crippen LogP contribution < -0.4 is 16.6 Å². The molecular weight excluding hydrogens is 246 g/mol. The Hall–Kier alpha value is -1.85. The first-order valence-electron chi connectivity index (χ1n) is 6.71. The largest absolute Gasteiger partial charge is 0.354 e. The molecule has 6 nitrogen and oxygen atoms in total. The second kappa shape index (κ2) is 6.36. The van der Waals surface area contributed by atoms with Gasteiger partial charge in [0, 0.05) is 18.8 Å². The van der Waals surface area contributed by atoms with Crippen molar-refractivity contribution in [1.29, 1.82) is 0 Å². The van der Waals surface area contributed by atoms with E-state index in [0.717, 1.165) is 0 Å². The Morgan fingerprint density at radius 3 is 2.74 bits per heavy atom. The first-order valence-corrected chi connectivity index (χ1v) is 6.71. The molecule has 0 aliphatic heterocycles. The fraction of sp³-hybridized carbons (Fsp3) is 0.615. The molecule has 104 valence electrons. The Bertz CT molecular complexity index is 541. The predicted molar refractivity (Wildman–Crippen MR) is 70.9 cm³/mol. The highest BCUT2D eigenvalue weighted by Gasteiger charge is 2.14. The summed E-state index contributed by atoms with van der Waals surface area (Å²) in [6.07, 6.45) is 7.43. The number of nitrogens with zero attached hydrogens (tertiary/aromatic N) is 1. The van der Waals surface area contributed by atoms with Crippen LogP contribution in [0.1, 0.15) is 32.1 Å². The molecule has 2 N–H and O–H groups in total. The molecule has 1 aliphatic rings. The molecule has 1 heterocycles. The molecule has 0 saturated heterocycles. The van der Waals surface area contributed by atoms with Gasteiger partial charge in [-0.2, -0.15) is 0 Å². The van der Waals surface area contributed by atoms with E-state index >= 15 is 0 Å². The maximum absolute atomic E-state index is 11.7. The summed E-state index contributed by atoms with van der Waals surface area (Å²) in [4.78, 5) is 36.2. The smallest absolute Gasteiger partial charge is 0.328 e. The summed E-state index contributed by atoms with van der Waals surface area (Å²) in [6, 6.07) is 1.23. The number of carbonyl (C=O) groups is 1. The van der Waals surface area contributed by atoms with Crippen LogP contribution in [0.25, 0.3) is 0 Å². The fourth-order valence-corrected chi connectivity index (χ4v) is 2.43. The number of hydrogen-bond acceptors (Lipinski definition) is 3. The molecule has 1 aliphatic carbocycles. The van der Waals surface area contributed by atoms with Gasteiger partial charge in [0.15, 0.2) is 0 Å². The summed E-state index contributed by atoms with van der Waals surface area (Å²) >= 11 is 0. The van der Waals surface area contributed by atoms with Gasteiger partial charge in [0.1, 0.15) is 6.54 Å². The quantitative estimate of drug-likeness (QED) is 0.817. The van der Waals surface area contributed by atoms with Crippen LogP contribution in [-0.4, -0.2) is 22.0 Å². The molecule has 1 aromatic rings. The van der Waals surface area contributed by atoms with Gasteiger partial charge in [0.2, 0.25) is 5.91 Å². The third kappa shape index (κ3) is 4.08.